The van der Waals surface area contributed by atoms with Gasteiger partial charge in [0.1, 0.15) is 0 Å². The third kappa shape index (κ3) is 4.00. The van der Waals surface area contributed by atoms with Crippen molar-refractivity contribution in [3.05, 3.63) is 94.3 Å². The van der Waals surface area contributed by atoms with Gasteiger partial charge in [0.15, 0.2) is 5.82 Å². The molecular formula is C23H20ClN5O2. The molecule has 0 unspecified atom stereocenters. The lowest BCUT2D eigenvalue weighted by Gasteiger charge is -2.08. The maximum atomic E-state index is 12.6. The second-order valence-electron chi connectivity index (χ2n) is 7.17. The van der Waals surface area contributed by atoms with E-state index in [1.807, 2.05) is 26.0 Å². The minimum absolute atomic E-state index is 0.176. The number of anilines is 1. The highest BCUT2D eigenvalue weighted by Gasteiger charge is 2.15. The van der Waals surface area contributed by atoms with Crippen molar-refractivity contribution in [3.8, 4) is 5.69 Å². The van der Waals surface area contributed by atoms with Gasteiger partial charge in [-0.05, 0) is 62.4 Å². The zero-order chi connectivity index (χ0) is 22.1. The highest BCUT2D eigenvalue weighted by atomic mass is 35.5. The van der Waals surface area contributed by atoms with E-state index >= 15 is 0 Å². The first-order valence-corrected chi connectivity index (χ1v) is 9.98. The summed E-state index contributed by atoms with van der Waals surface area (Å²) in [4.78, 5) is 29.2. The van der Waals surface area contributed by atoms with Gasteiger partial charge in [0.2, 0.25) is 5.78 Å². The molecule has 0 bridgehead atoms. The first-order chi connectivity index (χ1) is 14.8. The normalized spacial score (nSPS) is 10.8. The van der Waals surface area contributed by atoms with Crippen LogP contribution in [-0.2, 0) is 7.05 Å². The van der Waals surface area contributed by atoms with Crippen LogP contribution in [0.5, 0.6) is 0 Å². The molecule has 0 aliphatic carbocycles. The molecule has 0 aliphatic rings. The Morgan fingerprint density at radius 3 is 2.16 bits per heavy atom. The SMILES string of the molecule is Cc1nn(-c2ccc(C(=O)Nc3ccc(C(=O)c4nccn4C)cc3)cc2)c(C)c1Cl. The van der Waals surface area contributed by atoms with Gasteiger partial charge in [-0.25, -0.2) is 9.67 Å². The van der Waals surface area contributed by atoms with Gasteiger partial charge >= 0.3 is 0 Å². The van der Waals surface area contributed by atoms with Gasteiger partial charge < -0.3 is 9.88 Å². The van der Waals surface area contributed by atoms with Crippen LogP contribution in [0.15, 0.2) is 60.9 Å². The van der Waals surface area contributed by atoms with Crippen molar-refractivity contribution in [1.29, 1.82) is 0 Å². The zero-order valence-electron chi connectivity index (χ0n) is 17.3. The second kappa shape index (κ2) is 8.20. The Balaban J connectivity index is 1.46. The summed E-state index contributed by atoms with van der Waals surface area (Å²) in [7, 11) is 1.77. The van der Waals surface area contributed by atoms with Gasteiger partial charge in [-0.15, -0.1) is 0 Å². The van der Waals surface area contributed by atoms with Crippen LogP contribution < -0.4 is 5.32 Å². The number of halogens is 1. The Bertz CT molecular complexity index is 1270. The van der Waals surface area contributed by atoms with E-state index in [0.29, 0.717) is 27.7 Å². The van der Waals surface area contributed by atoms with Gasteiger partial charge in [0.05, 0.1) is 22.1 Å². The predicted octanol–water partition coefficient (Wildman–Crippen LogP) is 4.36. The summed E-state index contributed by atoms with van der Waals surface area (Å²) in [5, 5.41) is 7.89. The van der Waals surface area contributed by atoms with E-state index in [1.165, 1.54) is 0 Å². The molecule has 2 aromatic heterocycles. The summed E-state index contributed by atoms with van der Waals surface area (Å²) in [6, 6.07) is 13.8. The molecule has 4 rings (SSSR count). The maximum absolute atomic E-state index is 12.6. The Morgan fingerprint density at radius 2 is 1.61 bits per heavy atom. The Hall–Kier alpha value is -3.71. The minimum Gasteiger partial charge on any atom is -0.331 e. The van der Waals surface area contributed by atoms with Crippen molar-refractivity contribution in [2.75, 3.05) is 5.32 Å². The van der Waals surface area contributed by atoms with E-state index < -0.39 is 0 Å². The van der Waals surface area contributed by atoms with E-state index in [1.54, 1.807) is 65.1 Å². The number of amides is 1. The van der Waals surface area contributed by atoms with Gasteiger partial charge in [-0.2, -0.15) is 5.10 Å². The van der Waals surface area contributed by atoms with E-state index in [4.69, 9.17) is 11.6 Å². The quantitative estimate of drug-likeness (QED) is 0.474. The Morgan fingerprint density at radius 1 is 0.968 bits per heavy atom. The highest BCUT2D eigenvalue weighted by Crippen LogP contribution is 2.22. The second-order valence-corrected chi connectivity index (χ2v) is 7.54. The average Bonchev–Trinajstić information content (AvgIpc) is 3.32. The number of ketones is 1. The summed E-state index contributed by atoms with van der Waals surface area (Å²) in [6.07, 6.45) is 3.30. The minimum atomic E-state index is -0.249. The van der Waals surface area contributed by atoms with Gasteiger partial charge in [0, 0.05) is 36.3 Å². The van der Waals surface area contributed by atoms with E-state index in [-0.39, 0.29) is 11.7 Å². The standard InChI is InChI=1S/C23H20ClN5O2/c1-14-20(24)15(2)29(27-14)19-10-6-17(7-11-19)23(31)26-18-8-4-16(5-9-18)21(30)22-25-12-13-28(22)3/h4-13H,1-3H3,(H,26,31). The molecule has 0 saturated heterocycles. The lowest BCUT2D eigenvalue weighted by Crippen LogP contribution is -2.13. The lowest BCUT2D eigenvalue weighted by molar-refractivity contribution is 0.102. The largest absolute Gasteiger partial charge is 0.331 e. The third-order valence-corrected chi connectivity index (χ3v) is 5.55. The molecule has 8 heteroatoms. The molecule has 0 spiro atoms. The average molecular weight is 434 g/mol. The predicted molar refractivity (Wildman–Crippen MR) is 119 cm³/mol. The van der Waals surface area contributed by atoms with Crippen molar-refractivity contribution in [2.24, 2.45) is 7.05 Å². The van der Waals surface area contributed by atoms with Crippen molar-refractivity contribution in [2.45, 2.75) is 13.8 Å². The molecule has 2 heterocycles. The summed E-state index contributed by atoms with van der Waals surface area (Å²) in [5.74, 6) is -0.0628. The Kier molecular flexibility index (Phi) is 5.44. The Labute approximate surface area is 184 Å². The van der Waals surface area contributed by atoms with Gasteiger partial charge in [0.25, 0.3) is 5.91 Å². The van der Waals surface area contributed by atoms with E-state index in [0.717, 1.165) is 17.1 Å². The number of hydrogen-bond acceptors (Lipinski definition) is 4. The number of aromatic nitrogens is 4. The van der Waals surface area contributed by atoms with Gasteiger partial charge in [-0.3, -0.25) is 9.59 Å². The number of aryl methyl sites for hydroxylation is 2. The number of imidazole rings is 1. The van der Waals surface area contributed by atoms with Crippen LogP contribution in [0, 0.1) is 13.8 Å². The molecule has 0 atom stereocenters. The van der Waals surface area contributed by atoms with Crippen LogP contribution in [0.4, 0.5) is 5.69 Å². The fraction of sp³-hybridized carbons (Fsp3) is 0.130. The molecule has 4 aromatic rings. The summed E-state index contributed by atoms with van der Waals surface area (Å²) in [6.45, 7) is 3.74. The smallest absolute Gasteiger partial charge is 0.255 e. The van der Waals surface area contributed by atoms with Crippen LogP contribution >= 0.6 is 11.6 Å². The topological polar surface area (TPSA) is 81.8 Å². The van der Waals surface area contributed by atoms with Crippen molar-refractivity contribution in [1.82, 2.24) is 19.3 Å². The number of carbonyl (C=O) groups is 2. The summed E-state index contributed by atoms with van der Waals surface area (Å²) in [5.41, 5.74) is 4.02. The number of benzene rings is 2. The fourth-order valence-electron chi connectivity index (χ4n) is 3.25. The molecular weight excluding hydrogens is 414 g/mol. The van der Waals surface area contributed by atoms with Crippen molar-refractivity contribution < 1.29 is 9.59 Å². The van der Waals surface area contributed by atoms with E-state index in [9.17, 15) is 9.59 Å². The molecule has 31 heavy (non-hydrogen) atoms. The summed E-state index contributed by atoms with van der Waals surface area (Å²) >= 11 is 6.21. The number of rotatable bonds is 5. The highest BCUT2D eigenvalue weighted by molar-refractivity contribution is 6.31. The fourth-order valence-corrected chi connectivity index (χ4v) is 3.37. The molecule has 2 aromatic carbocycles. The molecule has 1 N–H and O–H groups in total. The molecule has 0 fully saturated rings. The van der Waals surface area contributed by atoms with Crippen LogP contribution in [0.1, 0.15) is 37.9 Å². The molecule has 1 amide bonds. The number of carbonyl (C=O) groups excluding carboxylic acids is 2. The van der Waals surface area contributed by atoms with Gasteiger partial charge in [-0.1, -0.05) is 11.6 Å². The molecule has 0 aliphatic heterocycles. The van der Waals surface area contributed by atoms with E-state index in [2.05, 4.69) is 15.4 Å². The molecule has 0 saturated carbocycles. The monoisotopic (exact) mass is 433 g/mol. The number of hydrogen-bond donors (Lipinski definition) is 1. The van der Waals surface area contributed by atoms with Crippen LogP contribution in [-0.4, -0.2) is 31.0 Å². The first kappa shape index (κ1) is 20.6. The summed E-state index contributed by atoms with van der Waals surface area (Å²) < 4.78 is 3.42. The lowest BCUT2D eigenvalue weighted by atomic mass is 10.1. The van der Waals surface area contributed by atoms with Crippen molar-refractivity contribution >= 4 is 29.0 Å². The first-order valence-electron chi connectivity index (χ1n) is 9.60. The van der Waals surface area contributed by atoms with Crippen molar-refractivity contribution in [3.63, 3.8) is 0 Å². The number of nitrogens with one attached hydrogen (secondary N) is 1. The van der Waals surface area contributed by atoms with Crippen LogP contribution in [0.25, 0.3) is 5.69 Å². The molecule has 156 valence electrons. The third-order valence-electron chi connectivity index (χ3n) is 5.01. The molecule has 7 nitrogen and oxygen atoms in total. The van der Waals surface area contributed by atoms with Crippen LogP contribution in [0.2, 0.25) is 5.02 Å². The maximum Gasteiger partial charge on any atom is 0.255 e. The van der Waals surface area contributed by atoms with Crippen LogP contribution in [0.3, 0.4) is 0 Å². The number of nitrogens with zero attached hydrogens (tertiary/aromatic N) is 4. The molecule has 0 radical (unpaired) electrons. The zero-order valence-corrected chi connectivity index (χ0v) is 18.0.